The Balaban J connectivity index is 1.93. The molecule has 2 aromatic rings. The Labute approximate surface area is 129 Å². The number of nitrogens with two attached hydrogens (primary N) is 1. The molecule has 0 radical (unpaired) electrons. The molecule has 0 atom stereocenters. The lowest BCUT2D eigenvalue weighted by Gasteiger charge is -2.09. The van der Waals surface area contributed by atoms with E-state index in [-0.39, 0.29) is 12.5 Å². The molecule has 0 heterocycles. The van der Waals surface area contributed by atoms with Crippen LogP contribution in [0.3, 0.4) is 0 Å². The van der Waals surface area contributed by atoms with Gasteiger partial charge in [-0.2, -0.15) is 5.26 Å². The highest BCUT2D eigenvalue weighted by atomic mass is 16.5. The van der Waals surface area contributed by atoms with Gasteiger partial charge in [0.15, 0.2) is 6.61 Å². The quantitative estimate of drug-likeness (QED) is 0.799. The lowest BCUT2D eigenvalue weighted by atomic mass is 10.1. The van der Waals surface area contributed by atoms with Gasteiger partial charge in [-0.1, -0.05) is 30.3 Å². The second-order valence-electron chi connectivity index (χ2n) is 4.69. The maximum Gasteiger partial charge on any atom is 0.251 e. The summed E-state index contributed by atoms with van der Waals surface area (Å²) in [6.07, 6.45) is 0.763. The first kappa shape index (κ1) is 15.4. The van der Waals surface area contributed by atoms with Crippen LogP contribution in [0.25, 0.3) is 0 Å². The van der Waals surface area contributed by atoms with Crippen LogP contribution in [0.5, 0.6) is 5.75 Å². The van der Waals surface area contributed by atoms with Crippen LogP contribution in [0.2, 0.25) is 0 Å². The Morgan fingerprint density at radius 3 is 2.73 bits per heavy atom. The van der Waals surface area contributed by atoms with E-state index in [1.165, 1.54) is 0 Å². The summed E-state index contributed by atoms with van der Waals surface area (Å²) in [5.74, 6) is 0.148. The van der Waals surface area contributed by atoms with Gasteiger partial charge in [0.05, 0.1) is 5.69 Å². The molecule has 0 aliphatic carbocycles. The third-order valence-electron chi connectivity index (χ3n) is 3.11. The van der Waals surface area contributed by atoms with Crippen LogP contribution >= 0.6 is 0 Å². The van der Waals surface area contributed by atoms with Gasteiger partial charge in [-0.3, -0.25) is 4.79 Å². The van der Waals surface area contributed by atoms with E-state index in [9.17, 15) is 4.79 Å². The molecule has 0 fully saturated rings. The number of benzene rings is 2. The van der Waals surface area contributed by atoms with Crippen LogP contribution in [0.4, 0.5) is 5.69 Å². The summed E-state index contributed by atoms with van der Waals surface area (Å²) < 4.78 is 5.18. The first-order valence-electron chi connectivity index (χ1n) is 6.92. The standard InChI is InChI=1S/C17H17N3O2/c18-9-11-22-16-12-14(6-7-15(16)19)17(21)20-10-8-13-4-2-1-3-5-13/h1-7,12H,8,10-11,19H2,(H,20,21). The highest BCUT2D eigenvalue weighted by Gasteiger charge is 2.09. The Kier molecular flexibility index (Phi) is 5.38. The second kappa shape index (κ2) is 7.70. The molecule has 0 saturated carbocycles. The minimum Gasteiger partial charge on any atom is -0.477 e. The first-order chi connectivity index (χ1) is 10.7. The zero-order chi connectivity index (χ0) is 15.8. The molecule has 112 valence electrons. The number of nitrogens with zero attached hydrogens (tertiary/aromatic N) is 1. The highest BCUT2D eigenvalue weighted by molar-refractivity contribution is 5.95. The van der Waals surface area contributed by atoms with E-state index >= 15 is 0 Å². The fraction of sp³-hybridized carbons (Fsp3) is 0.176. The van der Waals surface area contributed by atoms with Gasteiger partial charge in [0, 0.05) is 12.1 Å². The van der Waals surface area contributed by atoms with Crippen molar-refractivity contribution in [2.45, 2.75) is 6.42 Å². The van der Waals surface area contributed by atoms with Crippen molar-refractivity contribution in [3.05, 3.63) is 59.7 Å². The molecule has 0 saturated heterocycles. The molecule has 2 rings (SSSR count). The minimum atomic E-state index is -0.197. The maximum absolute atomic E-state index is 12.1. The molecule has 0 spiro atoms. The van der Waals surface area contributed by atoms with E-state index in [0.29, 0.717) is 23.5 Å². The summed E-state index contributed by atoms with van der Waals surface area (Å²) in [4.78, 5) is 12.1. The third kappa shape index (κ3) is 4.25. The number of hydrogen-bond donors (Lipinski definition) is 2. The summed E-state index contributed by atoms with van der Waals surface area (Å²) in [5, 5.41) is 11.4. The maximum atomic E-state index is 12.1. The van der Waals surface area contributed by atoms with Gasteiger partial charge in [-0.15, -0.1) is 0 Å². The number of ether oxygens (including phenoxy) is 1. The number of amides is 1. The molecule has 5 nitrogen and oxygen atoms in total. The van der Waals surface area contributed by atoms with Gasteiger partial charge in [0.1, 0.15) is 11.8 Å². The summed E-state index contributed by atoms with van der Waals surface area (Å²) in [7, 11) is 0. The molecule has 1 amide bonds. The molecule has 0 bridgehead atoms. The highest BCUT2D eigenvalue weighted by Crippen LogP contribution is 2.22. The van der Waals surface area contributed by atoms with E-state index in [0.717, 1.165) is 12.0 Å². The predicted molar refractivity (Wildman–Crippen MR) is 84.4 cm³/mol. The van der Waals surface area contributed by atoms with Crippen molar-refractivity contribution in [3.63, 3.8) is 0 Å². The second-order valence-corrected chi connectivity index (χ2v) is 4.69. The third-order valence-corrected chi connectivity index (χ3v) is 3.11. The number of anilines is 1. The van der Waals surface area contributed by atoms with Gasteiger partial charge < -0.3 is 15.8 Å². The Hall–Kier alpha value is -3.00. The van der Waals surface area contributed by atoms with Gasteiger partial charge in [0.25, 0.3) is 5.91 Å². The lowest BCUT2D eigenvalue weighted by molar-refractivity contribution is 0.0954. The van der Waals surface area contributed by atoms with E-state index in [1.807, 2.05) is 36.4 Å². The van der Waals surface area contributed by atoms with Crippen molar-refractivity contribution >= 4 is 11.6 Å². The fourth-order valence-electron chi connectivity index (χ4n) is 1.98. The lowest BCUT2D eigenvalue weighted by Crippen LogP contribution is -2.25. The van der Waals surface area contributed by atoms with Crippen LogP contribution in [-0.2, 0) is 6.42 Å². The number of nitrogen functional groups attached to an aromatic ring is 1. The molecule has 0 aliphatic heterocycles. The zero-order valence-electron chi connectivity index (χ0n) is 12.1. The molecule has 5 heteroatoms. The van der Waals surface area contributed by atoms with Crippen molar-refractivity contribution in [2.24, 2.45) is 0 Å². The van der Waals surface area contributed by atoms with E-state index < -0.39 is 0 Å². The number of rotatable bonds is 6. The molecule has 0 aliphatic rings. The molecular weight excluding hydrogens is 278 g/mol. The summed E-state index contributed by atoms with van der Waals surface area (Å²) in [5.41, 5.74) is 7.76. The van der Waals surface area contributed by atoms with Crippen LogP contribution in [0, 0.1) is 11.3 Å². The Morgan fingerprint density at radius 2 is 2.00 bits per heavy atom. The van der Waals surface area contributed by atoms with E-state index in [1.54, 1.807) is 18.2 Å². The SMILES string of the molecule is N#CCOc1cc(C(=O)NCCc2ccccc2)ccc1N. The predicted octanol–water partition coefficient (Wildman–Crippen LogP) is 2.14. The van der Waals surface area contributed by atoms with E-state index in [2.05, 4.69) is 5.32 Å². The van der Waals surface area contributed by atoms with Crippen molar-refractivity contribution < 1.29 is 9.53 Å². The first-order valence-corrected chi connectivity index (χ1v) is 6.92. The van der Waals surface area contributed by atoms with Crippen molar-refractivity contribution in [1.82, 2.24) is 5.32 Å². The van der Waals surface area contributed by atoms with Crippen molar-refractivity contribution in [1.29, 1.82) is 5.26 Å². The summed E-state index contributed by atoms with van der Waals surface area (Å²) in [6.45, 7) is 0.435. The minimum absolute atomic E-state index is 0.108. The molecule has 3 N–H and O–H groups in total. The topological polar surface area (TPSA) is 88.1 Å². The molecule has 22 heavy (non-hydrogen) atoms. The molecule has 0 aromatic heterocycles. The smallest absolute Gasteiger partial charge is 0.251 e. The largest absolute Gasteiger partial charge is 0.477 e. The number of hydrogen-bond acceptors (Lipinski definition) is 4. The zero-order valence-corrected chi connectivity index (χ0v) is 12.1. The summed E-state index contributed by atoms with van der Waals surface area (Å²) in [6, 6.07) is 16.6. The monoisotopic (exact) mass is 295 g/mol. The normalized spacial score (nSPS) is 9.77. The van der Waals surface area contributed by atoms with Crippen LogP contribution < -0.4 is 15.8 Å². The Morgan fingerprint density at radius 1 is 1.23 bits per heavy atom. The van der Waals surface area contributed by atoms with Crippen LogP contribution in [0.1, 0.15) is 15.9 Å². The average Bonchev–Trinajstić information content (AvgIpc) is 2.55. The van der Waals surface area contributed by atoms with Gasteiger partial charge >= 0.3 is 0 Å². The average molecular weight is 295 g/mol. The number of carbonyl (C=O) groups is 1. The van der Waals surface area contributed by atoms with Gasteiger partial charge in [0.2, 0.25) is 0 Å². The van der Waals surface area contributed by atoms with Gasteiger partial charge in [-0.05, 0) is 30.2 Å². The van der Waals surface area contributed by atoms with Crippen LogP contribution in [-0.4, -0.2) is 19.1 Å². The van der Waals surface area contributed by atoms with Crippen LogP contribution in [0.15, 0.2) is 48.5 Å². The Bertz CT molecular complexity index is 678. The van der Waals surface area contributed by atoms with E-state index in [4.69, 9.17) is 15.7 Å². The molecule has 2 aromatic carbocycles. The van der Waals surface area contributed by atoms with Crippen molar-refractivity contribution in [3.8, 4) is 11.8 Å². The molecular formula is C17H17N3O2. The number of nitrogens with one attached hydrogen (secondary N) is 1. The summed E-state index contributed by atoms with van der Waals surface area (Å²) >= 11 is 0. The van der Waals surface area contributed by atoms with Gasteiger partial charge in [-0.25, -0.2) is 0 Å². The van der Waals surface area contributed by atoms with Crippen molar-refractivity contribution in [2.75, 3.05) is 18.9 Å². The number of nitriles is 1. The number of carbonyl (C=O) groups excluding carboxylic acids is 1. The fourth-order valence-corrected chi connectivity index (χ4v) is 1.98. The molecule has 0 unspecified atom stereocenters.